The fourth-order valence-corrected chi connectivity index (χ4v) is 2.21. The molecule has 2 aromatic rings. The van der Waals surface area contributed by atoms with Crippen LogP contribution in [0, 0.1) is 13.8 Å². The number of nitrogens with zero attached hydrogens (tertiary/aromatic N) is 2. The van der Waals surface area contributed by atoms with E-state index in [1.807, 2.05) is 4.68 Å². The molecule has 0 bridgehead atoms. The normalized spacial score (nSPS) is 12.6. The molecule has 0 amide bonds. The van der Waals surface area contributed by atoms with Crippen molar-refractivity contribution >= 4 is 0 Å². The molecule has 0 aliphatic rings. The second-order valence-corrected chi connectivity index (χ2v) is 5.11. The minimum absolute atomic E-state index is 0.321. The number of aromatic nitrogens is 2. The van der Waals surface area contributed by atoms with Gasteiger partial charge in [-0.05, 0) is 33.3 Å². The summed E-state index contributed by atoms with van der Waals surface area (Å²) in [5.74, 6) is 0. The fourth-order valence-electron chi connectivity index (χ4n) is 2.21. The Kier molecular flexibility index (Phi) is 4.38. The van der Waals surface area contributed by atoms with Crippen LogP contribution < -0.4 is 5.32 Å². The summed E-state index contributed by atoms with van der Waals surface area (Å²) in [5, 5.41) is 8.05. The Morgan fingerprint density at radius 2 is 1.89 bits per heavy atom. The number of benzene rings is 1. The van der Waals surface area contributed by atoms with Crippen LogP contribution in [0.1, 0.15) is 42.3 Å². The molecule has 1 heterocycles. The summed E-state index contributed by atoms with van der Waals surface area (Å²) in [4.78, 5) is 0. The van der Waals surface area contributed by atoms with Crippen molar-refractivity contribution in [2.75, 3.05) is 0 Å². The van der Waals surface area contributed by atoms with Gasteiger partial charge in [-0.25, -0.2) is 0 Å². The Labute approximate surface area is 115 Å². The first-order valence-electron chi connectivity index (χ1n) is 6.93. The summed E-state index contributed by atoms with van der Waals surface area (Å²) in [6.45, 7) is 10.3. The van der Waals surface area contributed by atoms with E-state index in [-0.39, 0.29) is 0 Å². The minimum atomic E-state index is 0.321. The molecule has 0 aliphatic carbocycles. The molecule has 1 unspecified atom stereocenters. The van der Waals surface area contributed by atoms with E-state index < -0.39 is 0 Å². The van der Waals surface area contributed by atoms with E-state index >= 15 is 0 Å². The highest BCUT2D eigenvalue weighted by molar-refractivity contribution is 5.23. The van der Waals surface area contributed by atoms with Crippen LogP contribution in [0.3, 0.4) is 0 Å². The van der Waals surface area contributed by atoms with Crippen molar-refractivity contribution in [2.24, 2.45) is 0 Å². The maximum absolute atomic E-state index is 4.49. The van der Waals surface area contributed by atoms with Gasteiger partial charge in [-0.2, -0.15) is 5.10 Å². The molecular weight excluding hydrogens is 234 g/mol. The van der Waals surface area contributed by atoms with Gasteiger partial charge in [0, 0.05) is 30.9 Å². The number of nitrogens with one attached hydrogen (secondary N) is 1. The lowest BCUT2D eigenvalue weighted by Gasteiger charge is -2.13. The molecule has 3 nitrogen and oxygen atoms in total. The van der Waals surface area contributed by atoms with Crippen molar-refractivity contribution in [2.45, 2.75) is 46.8 Å². The quantitative estimate of drug-likeness (QED) is 0.890. The molecule has 102 valence electrons. The average Bonchev–Trinajstić information content (AvgIpc) is 2.79. The van der Waals surface area contributed by atoms with Gasteiger partial charge in [-0.15, -0.1) is 0 Å². The summed E-state index contributed by atoms with van der Waals surface area (Å²) in [7, 11) is 0. The standard InChI is InChI=1S/C16H23N3/c1-5-19-11-16(14(4)18-19)13(3)17-10-15-8-6-12(2)7-9-15/h6-9,11,13,17H,5,10H2,1-4H3. The maximum Gasteiger partial charge on any atom is 0.0641 e. The van der Waals surface area contributed by atoms with Crippen molar-refractivity contribution in [3.05, 3.63) is 52.8 Å². The summed E-state index contributed by atoms with van der Waals surface area (Å²) >= 11 is 0. The first-order valence-corrected chi connectivity index (χ1v) is 6.93. The van der Waals surface area contributed by atoms with Gasteiger partial charge in [0.15, 0.2) is 0 Å². The van der Waals surface area contributed by atoms with E-state index in [0.29, 0.717) is 6.04 Å². The molecule has 1 atom stereocenters. The third-order valence-electron chi connectivity index (χ3n) is 3.51. The van der Waals surface area contributed by atoms with Crippen molar-refractivity contribution in [3.8, 4) is 0 Å². The Balaban J connectivity index is 1.98. The second kappa shape index (κ2) is 6.02. The molecule has 0 spiro atoms. The number of aryl methyl sites for hydroxylation is 3. The van der Waals surface area contributed by atoms with Crippen molar-refractivity contribution in [1.29, 1.82) is 0 Å². The third kappa shape index (κ3) is 3.44. The van der Waals surface area contributed by atoms with E-state index in [2.05, 4.69) is 68.6 Å². The van der Waals surface area contributed by atoms with Gasteiger partial charge in [-0.3, -0.25) is 4.68 Å². The molecular formula is C16H23N3. The van der Waals surface area contributed by atoms with Crippen LogP contribution in [0.5, 0.6) is 0 Å². The predicted octanol–water partition coefficient (Wildman–Crippen LogP) is 3.37. The van der Waals surface area contributed by atoms with Gasteiger partial charge in [0.05, 0.1) is 5.69 Å². The first-order chi connectivity index (χ1) is 9.10. The lowest BCUT2D eigenvalue weighted by molar-refractivity contribution is 0.571. The molecule has 0 radical (unpaired) electrons. The number of hydrogen-bond donors (Lipinski definition) is 1. The third-order valence-corrected chi connectivity index (χ3v) is 3.51. The molecule has 0 fully saturated rings. The van der Waals surface area contributed by atoms with Gasteiger partial charge in [0.25, 0.3) is 0 Å². The van der Waals surface area contributed by atoms with Gasteiger partial charge in [-0.1, -0.05) is 29.8 Å². The molecule has 1 N–H and O–H groups in total. The zero-order chi connectivity index (χ0) is 13.8. The SMILES string of the molecule is CCn1cc(C(C)NCc2ccc(C)cc2)c(C)n1. The van der Waals surface area contributed by atoms with Crippen molar-refractivity contribution in [1.82, 2.24) is 15.1 Å². The van der Waals surface area contributed by atoms with E-state index in [1.54, 1.807) is 0 Å². The Morgan fingerprint density at radius 3 is 2.47 bits per heavy atom. The molecule has 1 aromatic heterocycles. The first kappa shape index (κ1) is 13.8. The second-order valence-electron chi connectivity index (χ2n) is 5.11. The summed E-state index contributed by atoms with van der Waals surface area (Å²) in [5.41, 5.74) is 5.02. The lowest BCUT2D eigenvalue weighted by Crippen LogP contribution is -2.18. The van der Waals surface area contributed by atoms with E-state index in [1.165, 1.54) is 16.7 Å². The monoisotopic (exact) mass is 257 g/mol. The Morgan fingerprint density at radius 1 is 1.21 bits per heavy atom. The topological polar surface area (TPSA) is 29.9 Å². The number of rotatable bonds is 5. The maximum atomic E-state index is 4.49. The Hall–Kier alpha value is -1.61. The molecule has 19 heavy (non-hydrogen) atoms. The van der Waals surface area contributed by atoms with Crippen LogP contribution in [0.2, 0.25) is 0 Å². The van der Waals surface area contributed by atoms with Crippen molar-refractivity contribution in [3.63, 3.8) is 0 Å². The zero-order valence-corrected chi connectivity index (χ0v) is 12.3. The van der Waals surface area contributed by atoms with Gasteiger partial charge in [0.2, 0.25) is 0 Å². The van der Waals surface area contributed by atoms with Crippen LogP contribution in [0.15, 0.2) is 30.5 Å². The van der Waals surface area contributed by atoms with Crippen LogP contribution in [-0.4, -0.2) is 9.78 Å². The summed E-state index contributed by atoms with van der Waals surface area (Å²) in [6.07, 6.45) is 2.14. The molecule has 0 saturated carbocycles. The highest BCUT2D eigenvalue weighted by Gasteiger charge is 2.11. The van der Waals surface area contributed by atoms with Gasteiger partial charge >= 0.3 is 0 Å². The van der Waals surface area contributed by atoms with Crippen LogP contribution in [0.25, 0.3) is 0 Å². The van der Waals surface area contributed by atoms with Gasteiger partial charge < -0.3 is 5.32 Å². The highest BCUT2D eigenvalue weighted by atomic mass is 15.3. The highest BCUT2D eigenvalue weighted by Crippen LogP contribution is 2.16. The number of hydrogen-bond acceptors (Lipinski definition) is 2. The fraction of sp³-hybridized carbons (Fsp3) is 0.438. The molecule has 2 rings (SSSR count). The Bertz CT molecular complexity index is 525. The molecule has 0 saturated heterocycles. The lowest BCUT2D eigenvalue weighted by atomic mass is 10.1. The molecule has 0 aliphatic heterocycles. The minimum Gasteiger partial charge on any atom is -0.306 e. The zero-order valence-electron chi connectivity index (χ0n) is 12.3. The molecule has 1 aromatic carbocycles. The van der Waals surface area contributed by atoms with E-state index in [4.69, 9.17) is 0 Å². The predicted molar refractivity (Wildman–Crippen MR) is 79.1 cm³/mol. The van der Waals surface area contributed by atoms with Crippen LogP contribution in [0.4, 0.5) is 0 Å². The van der Waals surface area contributed by atoms with Gasteiger partial charge in [0.1, 0.15) is 0 Å². The van der Waals surface area contributed by atoms with Crippen molar-refractivity contribution < 1.29 is 0 Å². The summed E-state index contributed by atoms with van der Waals surface area (Å²) in [6, 6.07) is 8.99. The van der Waals surface area contributed by atoms with E-state index in [9.17, 15) is 0 Å². The van der Waals surface area contributed by atoms with Crippen LogP contribution >= 0.6 is 0 Å². The largest absolute Gasteiger partial charge is 0.306 e. The average molecular weight is 257 g/mol. The van der Waals surface area contributed by atoms with Crippen LogP contribution in [-0.2, 0) is 13.1 Å². The van der Waals surface area contributed by atoms with E-state index in [0.717, 1.165) is 18.8 Å². The molecule has 3 heteroatoms. The summed E-state index contributed by atoms with van der Waals surface area (Å²) < 4.78 is 1.99. The smallest absolute Gasteiger partial charge is 0.0641 e.